The number of carbonyl (C=O) groups is 1. The van der Waals surface area contributed by atoms with Gasteiger partial charge >= 0.3 is 11.8 Å². The van der Waals surface area contributed by atoms with Gasteiger partial charge in [-0.25, -0.2) is 4.79 Å². The molecule has 1 atom stereocenters. The van der Waals surface area contributed by atoms with Crippen LogP contribution >= 0.6 is 0 Å². The molecule has 0 amide bonds. The summed E-state index contributed by atoms with van der Waals surface area (Å²) < 4.78 is 11.6. The summed E-state index contributed by atoms with van der Waals surface area (Å²) in [6, 6.07) is -0.706. The lowest BCUT2D eigenvalue weighted by molar-refractivity contribution is -0.388. The molecule has 2 heterocycles. The third-order valence-electron chi connectivity index (χ3n) is 3.32. The highest BCUT2D eigenvalue weighted by Crippen LogP contribution is 2.30. The molecule has 110 valence electrons. The Morgan fingerprint density at radius 3 is 2.90 bits per heavy atom. The zero-order valence-electron chi connectivity index (χ0n) is 11.5. The number of anilines is 1. The average Bonchev–Trinajstić information content (AvgIpc) is 2.74. The molecular formula is C11H16N4O5. The van der Waals surface area contributed by atoms with Crippen LogP contribution in [0.1, 0.15) is 5.82 Å². The highest BCUT2D eigenvalue weighted by Gasteiger charge is 2.37. The third-order valence-corrected chi connectivity index (χ3v) is 3.32. The van der Waals surface area contributed by atoms with Gasteiger partial charge in [-0.05, 0) is 9.91 Å². The number of rotatable bonds is 3. The predicted molar refractivity (Wildman–Crippen MR) is 68.6 cm³/mol. The topological polar surface area (TPSA) is 99.7 Å². The van der Waals surface area contributed by atoms with Gasteiger partial charge in [-0.2, -0.15) is 0 Å². The Labute approximate surface area is 115 Å². The average molecular weight is 284 g/mol. The minimum atomic E-state index is -0.706. The van der Waals surface area contributed by atoms with Crippen LogP contribution in [-0.4, -0.2) is 53.4 Å². The molecule has 1 aromatic heterocycles. The van der Waals surface area contributed by atoms with E-state index in [1.807, 2.05) is 0 Å². The van der Waals surface area contributed by atoms with Crippen molar-refractivity contribution < 1.29 is 19.2 Å². The number of ether oxygens (including phenoxy) is 2. The Morgan fingerprint density at radius 2 is 2.30 bits per heavy atom. The largest absolute Gasteiger partial charge is 0.467 e. The van der Waals surface area contributed by atoms with Crippen molar-refractivity contribution in [2.75, 3.05) is 31.8 Å². The second-order valence-electron chi connectivity index (χ2n) is 4.43. The number of carbonyl (C=O) groups excluding carboxylic acids is 1. The monoisotopic (exact) mass is 284 g/mol. The number of aromatic nitrogens is 2. The highest BCUT2D eigenvalue weighted by atomic mass is 16.6. The van der Waals surface area contributed by atoms with Crippen molar-refractivity contribution in [2.24, 2.45) is 7.05 Å². The van der Waals surface area contributed by atoms with E-state index in [0.717, 1.165) is 0 Å². The second kappa shape index (κ2) is 5.45. The van der Waals surface area contributed by atoms with Crippen molar-refractivity contribution in [1.82, 2.24) is 9.55 Å². The lowest BCUT2D eigenvalue weighted by atomic mass is 10.2. The number of imidazole rings is 1. The predicted octanol–water partition coefficient (Wildman–Crippen LogP) is 0.0149. The molecule has 0 spiro atoms. The van der Waals surface area contributed by atoms with Crippen LogP contribution in [0.15, 0.2) is 0 Å². The molecule has 1 aromatic rings. The zero-order valence-corrected chi connectivity index (χ0v) is 11.5. The van der Waals surface area contributed by atoms with Crippen molar-refractivity contribution in [3.8, 4) is 0 Å². The third kappa shape index (κ3) is 2.31. The zero-order chi connectivity index (χ0) is 14.9. The molecule has 1 unspecified atom stereocenters. The molecule has 0 aromatic carbocycles. The van der Waals surface area contributed by atoms with E-state index in [2.05, 4.69) is 4.98 Å². The number of nitro groups is 1. The van der Waals surface area contributed by atoms with Gasteiger partial charge < -0.3 is 24.5 Å². The Hall–Kier alpha value is -2.16. The SMILES string of the molecule is COC(=O)C1COCCN1c1c([N+](=O)[O-])nc(C)n1C. The first-order valence-corrected chi connectivity index (χ1v) is 6.07. The number of methoxy groups -OCH3 is 1. The lowest BCUT2D eigenvalue weighted by Crippen LogP contribution is -2.51. The minimum Gasteiger partial charge on any atom is -0.467 e. The van der Waals surface area contributed by atoms with E-state index in [4.69, 9.17) is 9.47 Å². The fourth-order valence-electron chi connectivity index (χ4n) is 2.21. The molecule has 20 heavy (non-hydrogen) atoms. The molecular weight excluding hydrogens is 268 g/mol. The Kier molecular flexibility index (Phi) is 3.89. The second-order valence-corrected chi connectivity index (χ2v) is 4.43. The molecule has 1 saturated heterocycles. The molecule has 1 aliphatic heterocycles. The molecule has 9 nitrogen and oxygen atoms in total. The first kappa shape index (κ1) is 14.3. The summed E-state index contributed by atoms with van der Waals surface area (Å²) in [4.78, 5) is 27.9. The molecule has 1 fully saturated rings. The van der Waals surface area contributed by atoms with Crippen LogP contribution in [0.5, 0.6) is 0 Å². The Balaban J connectivity index is 2.47. The molecule has 0 N–H and O–H groups in total. The maximum Gasteiger partial charge on any atom is 0.406 e. The maximum absolute atomic E-state index is 11.8. The lowest BCUT2D eigenvalue weighted by Gasteiger charge is -2.34. The smallest absolute Gasteiger partial charge is 0.406 e. The molecule has 0 bridgehead atoms. The van der Waals surface area contributed by atoms with Crippen molar-refractivity contribution in [1.29, 1.82) is 0 Å². The van der Waals surface area contributed by atoms with Crippen LogP contribution in [0.4, 0.5) is 11.6 Å². The Morgan fingerprint density at radius 1 is 1.60 bits per heavy atom. The number of nitrogens with zero attached hydrogens (tertiary/aromatic N) is 4. The van der Waals surface area contributed by atoms with Crippen LogP contribution in [0.3, 0.4) is 0 Å². The van der Waals surface area contributed by atoms with E-state index in [0.29, 0.717) is 24.8 Å². The van der Waals surface area contributed by atoms with Gasteiger partial charge in [0.15, 0.2) is 6.04 Å². The van der Waals surface area contributed by atoms with Crippen LogP contribution in [-0.2, 0) is 21.3 Å². The normalized spacial score (nSPS) is 18.9. The van der Waals surface area contributed by atoms with E-state index in [1.54, 1.807) is 23.4 Å². The van der Waals surface area contributed by atoms with Gasteiger partial charge in [-0.3, -0.25) is 4.57 Å². The van der Waals surface area contributed by atoms with E-state index in [-0.39, 0.29) is 12.4 Å². The summed E-state index contributed by atoms with van der Waals surface area (Å²) in [5.41, 5.74) is 0. The summed E-state index contributed by atoms with van der Waals surface area (Å²) >= 11 is 0. The van der Waals surface area contributed by atoms with Gasteiger partial charge in [-0.15, -0.1) is 0 Å². The summed E-state index contributed by atoms with van der Waals surface area (Å²) in [6.45, 7) is 2.55. The number of aryl methyl sites for hydroxylation is 1. The Bertz CT molecular complexity index is 541. The van der Waals surface area contributed by atoms with Gasteiger partial charge in [0.05, 0.1) is 20.3 Å². The fraction of sp³-hybridized carbons (Fsp3) is 0.636. The van der Waals surface area contributed by atoms with E-state index >= 15 is 0 Å². The molecule has 1 aliphatic rings. The maximum atomic E-state index is 11.8. The van der Waals surface area contributed by atoms with Gasteiger partial charge in [0.1, 0.15) is 0 Å². The first-order valence-electron chi connectivity index (χ1n) is 6.07. The molecule has 9 heteroatoms. The quantitative estimate of drug-likeness (QED) is 0.438. The van der Waals surface area contributed by atoms with Gasteiger partial charge in [0.2, 0.25) is 11.6 Å². The van der Waals surface area contributed by atoms with Crippen LogP contribution in [0, 0.1) is 17.0 Å². The van der Waals surface area contributed by atoms with Crippen molar-refractivity contribution >= 4 is 17.6 Å². The van der Waals surface area contributed by atoms with Crippen molar-refractivity contribution in [3.63, 3.8) is 0 Å². The minimum absolute atomic E-state index is 0.133. The first-order chi connectivity index (χ1) is 9.47. The summed E-state index contributed by atoms with van der Waals surface area (Å²) in [5.74, 6) is 0.0478. The molecule has 2 rings (SSSR count). The van der Waals surface area contributed by atoms with Crippen LogP contribution in [0.25, 0.3) is 0 Å². The van der Waals surface area contributed by atoms with E-state index < -0.39 is 16.9 Å². The molecule has 0 aliphatic carbocycles. The fourth-order valence-corrected chi connectivity index (χ4v) is 2.21. The van der Waals surface area contributed by atoms with Gasteiger partial charge in [0, 0.05) is 20.5 Å². The standard InChI is InChI=1S/C11H16N4O5/c1-7-12-9(15(17)18)10(13(7)2)14-4-5-20-6-8(14)11(16)19-3/h8H,4-6H2,1-3H3. The van der Waals surface area contributed by atoms with Gasteiger partial charge in [0.25, 0.3) is 0 Å². The van der Waals surface area contributed by atoms with E-state index in [9.17, 15) is 14.9 Å². The van der Waals surface area contributed by atoms with E-state index in [1.165, 1.54) is 7.11 Å². The highest BCUT2D eigenvalue weighted by molar-refractivity contribution is 5.81. The summed E-state index contributed by atoms with van der Waals surface area (Å²) in [7, 11) is 2.95. The number of esters is 1. The van der Waals surface area contributed by atoms with Crippen LogP contribution < -0.4 is 4.90 Å². The summed E-state index contributed by atoms with van der Waals surface area (Å²) in [5, 5.41) is 11.1. The molecule has 0 radical (unpaired) electrons. The van der Waals surface area contributed by atoms with Crippen LogP contribution in [0.2, 0.25) is 0 Å². The summed E-state index contributed by atoms with van der Waals surface area (Å²) in [6.07, 6.45) is 0. The molecule has 0 saturated carbocycles. The van der Waals surface area contributed by atoms with Gasteiger partial charge in [-0.1, -0.05) is 0 Å². The van der Waals surface area contributed by atoms with Crippen molar-refractivity contribution in [2.45, 2.75) is 13.0 Å². The van der Waals surface area contributed by atoms with Crippen molar-refractivity contribution in [3.05, 3.63) is 15.9 Å². The number of hydrogen-bond donors (Lipinski definition) is 0. The number of hydrogen-bond acceptors (Lipinski definition) is 7. The number of morpholine rings is 1.